The average Bonchev–Trinajstić information content (AvgIpc) is 3.35. The predicted molar refractivity (Wildman–Crippen MR) is 136 cm³/mol. The van der Waals surface area contributed by atoms with Gasteiger partial charge in [0.2, 0.25) is 0 Å². The molecule has 0 aliphatic rings. The number of hydrogen-bond donors (Lipinski definition) is 0. The number of aromatic nitrogens is 2. The molecule has 4 nitrogen and oxygen atoms in total. The molecule has 0 radical (unpaired) electrons. The average molecular weight is 453 g/mol. The second-order valence-corrected chi connectivity index (χ2v) is 8.71. The van der Waals surface area contributed by atoms with Gasteiger partial charge >= 0.3 is 5.97 Å². The number of benzene rings is 3. The zero-order valence-electron chi connectivity index (χ0n) is 19.8. The number of hydrogen-bond acceptors (Lipinski definition) is 3. The summed E-state index contributed by atoms with van der Waals surface area (Å²) < 4.78 is 7.10. The number of methoxy groups -OCH3 is 1. The van der Waals surface area contributed by atoms with Gasteiger partial charge in [-0.2, -0.15) is 5.10 Å². The van der Waals surface area contributed by atoms with Crippen LogP contribution >= 0.6 is 0 Å². The summed E-state index contributed by atoms with van der Waals surface area (Å²) in [5.74, 6) is -0.205. The van der Waals surface area contributed by atoms with Gasteiger partial charge in [0, 0.05) is 11.8 Å². The quantitative estimate of drug-likeness (QED) is 0.249. The van der Waals surface area contributed by atoms with E-state index < -0.39 is 0 Å². The lowest BCUT2D eigenvalue weighted by Gasteiger charge is -2.16. The number of aryl methyl sites for hydroxylation is 2. The summed E-state index contributed by atoms with van der Waals surface area (Å²) in [5, 5.41) is 4.58. The van der Waals surface area contributed by atoms with Crippen molar-refractivity contribution in [3.05, 3.63) is 114 Å². The van der Waals surface area contributed by atoms with E-state index in [0.29, 0.717) is 0 Å². The maximum absolute atomic E-state index is 12.5. The van der Waals surface area contributed by atoms with Crippen LogP contribution < -0.4 is 0 Å². The summed E-state index contributed by atoms with van der Waals surface area (Å²) >= 11 is 0. The van der Waals surface area contributed by atoms with Crippen LogP contribution in [0.15, 0.2) is 97.3 Å². The first-order valence-electron chi connectivity index (χ1n) is 12.0. The highest BCUT2D eigenvalue weighted by atomic mass is 16.5. The van der Waals surface area contributed by atoms with Crippen molar-refractivity contribution in [2.45, 2.75) is 38.6 Å². The SMILES string of the molecule is COC(=O)C(CCCc1ccccc1)CCc1ccccc1-c1cnn(Cc2ccccc2)c1. The number of rotatable bonds is 11. The molecule has 1 aromatic heterocycles. The van der Waals surface area contributed by atoms with Crippen LogP contribution in [0.2, 0.25) is 0 Å². The van der Waals surface area contributed by atoms with Gasteiger partial charge < -0.3 is 4.74 Å². The molecule has 0 bridgehead atoms. The Balaban J connectivity index is 1.40. The maximum atomic E-state index is 12.5. The number of carbonyl (C=O) groups excluding carboxylic acids is 1. The monoisotopic (exact) mass is 452 g/mol. The molecule has 0 aliphatic carbocycles. The largest absolute Gasteiger partial charge is 0.469 e. The third-order valence-electron chi connectivity index (χ3n) is 6.31. The number of esters is 1. The summed E-state index contributed by atoms with van der Waals surface area (Å²) in [6, 6.07) is 29.2. The Bertz CT molecular complexity index is 1170. The Morgan fingerprint density at radius 3 is 2.26 bits per heavy atom. The third-order valence-corrected chi connectivity index (χ3v) is 6.31. The van der Waals surface area contributed by atoms with Crippen LogP contribution in [0.4, 0.5) is 0 Å². The smallest absolute Gasteiger partial charge is 0.308 e. The molecule has 4 rings (SSSR count). The highest BCUT2D eigenvalue weighted by Crippen LogP contribution is 2.27. The van der Waals surface area contributed by atoms with Gasteiger partial charge in [-0.05, 0) is 54.4 Å². The molecule has 0 saturated carbocycles. The van der Waals surface area contributed by atoms with Crippen LogP contribution in [0.3, 0.4) is 0 Å². The molecule has 1 heterocycles. The van der Waals surface area contributed by atoms with Crippen molar-refractivity contribution in [1.82, 2.24) is 9.78 Å². The minimum atomic E-state index is -0.110. The molecule has 1 unspecified atom stereocenters. The van der Waals surface area contributed by atoms with E-state index in [9.17, 15) is 4.79 Å². The van der Waals surface area contributed by atoms with Crippen molar-refractivity contribution in [1.29, 1.82) is 0 Å². The molecule has 3 aromatic carbocycles. The summed E-state index contributed by atoms with van der Waals surface area (Å²) in [6.07, 6.45) is 8.41. The van der Waals surface area contributed by atoms with Gasteiger partial charge in [0.1, 0.15) is 0 Å². The van der Waals surface area contributed by atoms with E-state index >= 15 is 0 Å². The number of nitrogens with zero attached hydrogens (tertiary/aromatic N) is 2. The van der Waals surface area contributed by atoms with Crippen LogP contribution in [0, 0.1) is 5.92 Å². The van der Waals surface area contributed by atoms with Crippen LogP contribution in [0.5, 0.6) is 0 Å². The minimum Gasteiger partial charge on any atom is -0.469 e. The molecule has 0 spiro atoms. The molecule has 0 amide bonds. The topological polar surface area (TPSA) is 44.1 Å². The van der Waals surface area contributed by atoms with E-state index in [0.717, 1.165) is 44.2 Å². The van der Waals surface area contributed by atoms with Crippen molar-refractivity contribution in [3.63, 3.8) is 0 Å². The van der Waals surface area contributed by atoms with Crippen LogP contribution in [-0.4, -0.2) is 22.9 Å². The van der Waals surface area contributed by atoms with Gasteiger partial charge in [-0.1, -0.05) is 84.9 Å². The number of ether oxygens (including phenoxy) is 1. The third kappa shape index (κ3) is 6.44. The molecule has 4 aromatic rings. The highest BCUT2D eigenvalue weighted by molar-refractivity contribution is 5.72. The Morgan fingerprint density at radius 2 is 1.53 bits per heavy atom. The first-order chi connectivity index (χ1) is 16.7. The fraction of sp³-hybridized carbons (Fsp3) is 0.267. The maximum Gasteiger partial charge on any atom is 0.308 e. The Hall–Kier alpha value is -3.66. The van der Waals surface area contributed by atoms with Gasteiger partial charge in [-0.3, -0.25) is 9.48 Å². The van der Waals surface area contributed by atoms with Gasteiger partial charge in [-0.15, -0.1) is 0 Å². The number of carbonyl (C=O) groups is 1. The van der Waals surface area contributed by atoms with E-state index in [1.807, 2.05) is 35.1 Å². The minimum absolute atomic E-state index is 0.0948. The van der Waals surface area contributed by atoms with Gasteiger partial charge in [0.05, 0.1) is 25.8 Å². The zero-order valence-corrected chi connectivity index (χ0v) is 19.8. The molecule has 4 heteroatoms. The fourth-order valence-corrected chi connectivity index (χ4v) is 4.45. The second-order valence-electron chi connectivity index (χ2n) is 8.71. The van der Waals surface area contributed by atoms with Gasteiger partial charge in [-0.25, -0.2) is 0 Å². The first-order valence-corrected chi connectivity index (χ1v) is 12.0. The summed E-state index contributed by atoms with van der Waals surface area (Å²) in [7, 11) is 1.49. The molecule has 0 fully saturated rings. The van der Waals surface area contributed by atoms with Crippen LogP contribution in [0.25, 0.3) is 11.1 Å². The van der Waals surface area contributed by atoms with Crippen LogP contribution in [0.1, 0.15) is 36.0 Å². The van der Waals surface area contributed by atoms with Crippen molar-refractivity contribution in [3.8, 4) is 11.1 Å². The lowest BCUT2D eigenvalue weighted by molar-refractivity contribution is -0.145. The van der Waals surface area contributed by atoms with Crippen molar-refractivity contribution in [2.24, 2.45) is 5.92 Å². The summed E-state index contributed by atoms with van der Waals surface area (Å²) in [4.78, 5) is 12.5. The molecule has 174 valence electrons. The van der Waals surface area contributed by atoms with Crippen molar-refractivity contribution in [2.75, 3.05) is 7.11 Å². The fourth-order valence-electron chi connectivity index (χ4n) is 4.45. The Kier molecular flexibility index (Phi) is 8.28. The molecular formula is C30H32N2O2. The molecular weight excluding hydrogens is 420 g/mol. The normalized spacial score (nSPS) is 11.8. The van der Waals surface area contributed by atoms with Crippen molar-refractivity contribution < 1.29 is 9.53 Å². The van der Waals surface area contributed by atoms with E-state index in [4.69, 9.17) is 4.74 Å². The zero-order chi connectivity index (χ0) is 23.6. The predicted octanol–water partition coefficient (Wildman–Crippen LogP) is 6.34. The van der Waals surface area contributed by atoms with Crippen molar-refractivity contribution >= 4 is 5.97 Å². The van der Waals surface area contributed by atoms with E-state index in [2.05, 4.69) is 72.0 Å². The lowest BCUT2D eigenvalue weighted by atomic mass is 9.91. The molecule has 0 aliphatic heterocycles. The first kappa shape index (κ1) is 23.5. The molecule has 0 saturated heterocycles. The highest BCUT2D eigenvalue weighted by Gasteiger charge is 2.19. The van der Waals surface area contributed by atoms with Gasteiger partial charge in [0.25, 0.3) is 0 Å². The Morgan fingerprint density at radius 1 is 0.853 bits per heavy atom. The van der Waals surface area contributed by atoms with Crippen LogP contribution in [-0.2, 0) is 28.9 Å². The van der Waals surface area contributed by atoms with E-state index in [1.54, 1.807) is 0 Å². The van der Waals surface area contributed by atoms with Gasteiger partial charge in [0.15, 0.2) is 0 Å². The summed E-state index contributed by atoms with van der Waals surface area (Å²) in [5.41, 5.74) is 6.05. The standard InChI is InChI=1S/C30H32N2O2/c1-34-30(33)27(17-10-15-24-11-4-2-5-12-24)20-19-26-16-8-9-18-29(26)28-21-31-32(23-28)22-25-13-6-3-7-14-25/h2-9,11-14,16,18,21,23,27H,10,15,17,19-20,22H2,1H3. The molecule has 1 atom stereocenters. The Labute approximate surface area is 202 Å². The summed E-state index contributed by atoms with van der Waals surface area (Å²) in [6.45, 7) is 0.745. The molecule has 0 N–H and O–H groups in total. The second kappa shape index (κ2) is 12.0. The molecule has 34 heavy (non-hydrogen) atoms. The van der Waals surface area contributed by atoms with E-state index in [-0.39, 0.29) is 11.9 Å². The lowest BCUT2D eigenvalue weighted by Crippen LogP contribution is -2.17. The van der Waals surface area contributed by atoms with E-state index in [1.165, 1.54) is 29.4 Å².